The molecule has 1 saturated carbocycles. The Hall–Kier alpha value is -0.510. The monoisotopic (exact) mass is 272 g/mol. The van der Waals surface area contributed by atoms with E-state index in [-0.39, 0.29) is 15.8 Å². The predicted octanol–water partition coefficient (Wildman–Crippen LogP) is 3.55. The van der Waals surface area contributed by atoms with Gasteiger partial charge in [0.1, 0.15) is 0 Å². The van der Waals surface area contributed by atoms with Crippen molar-refractivity contribution in [1.29, 1.82) is 0 Å². The van der Waals surface area contributed by atoms with Crippen LogP contribution in [0.3, 0.4) is 0 Å². The van der Waals surface area contributed by atoms with Crippen LogP contribution in [-0.4, -0.2) is 10.2 Å². The fourth-order valence-electron chi connectivity index (χ4n) is 1.71. The molecular formula is C11H14BrFN2. The molecule has 2 nitrogen and oxygen atoms in total. The largest absolute Gasteiger partial charge is 0.204 e. The fourth-order valence-corrected chi connectivity index (χ4v) is 2.00. The van der Waals surface area contributed by atoms with Gasteiger partial charge in [-0.05, 0) is 34.7 Å². The Morgan fingerprint density at radius 3 is 2.33 bits per heavy atom. The molecule has 0 unspecified atom stereocenters. The fraction of sp³-hybridized carbons (Fsp3) is 0.636. The van der Waals surface area contributed by atoms with Crippen LogP contribution in [-0.2, 0) is 5.41 Å². The number of hydrogen-bond donors (Lipinski definition) is 0. The highest BCUT2D eigenvalue weighted by Crippen LogP contribution is 2.45. The Morgan fingerprint density at radius 1 is 1.27 bits per heavy atom. The van der Waals surface area contributed by atoms with Gasteiger partial charge in [-0.2, -0.15) is 5.10 Å². The van der Waals surface area contributed by atoms with Gasteiger partial charge in [-0.3, -0.25) is 0 Å². The zero-order valence-electron chi connectivity index (χ0n) is 9.14. The van der Waals surface area contributed by atoms with Crippen molar-refractivity contribution < 1.29 is 4.39 Å². The molecule has 1 aromatic rings. The summed E-state index contributed by atoms with van der Waals surface area (Å²) < 4.78 is 14.2. The van der Waals surface area contributed by atoms with Gasteiger partial charge in [0.15, 0.2) is 10.4 Å². The van der Waals surface area contributed by atoms with Gasteiger partial charge in [0.25, 0.3) is 0 Å². The molecule has 0 amide bonds. The van der Waals surface area contributed by atoms with Crippen LogP contribution in [0.15, 0.2) is 4.60 Å². The van der Waals surface area contributed by atoms with Crippen molar-refractivity contribution >= 4 is 15.9 Å². The van der Waals surface area contributed by atoms with E-state index >= 15 is 0 Å². The Kier molecular flexibility index (Phi) is 2.57. The quantitative estimate of drug-likeness (QED) is 0.782. The lowest BCUT2D eigenvalue weighted by atomic mass is 9.87. The summed E-state index contributed by atoms with van der Waals surface area (Å²) in [4.78, 5) is 0. The van der Waals surface area contributed by atoms with Crippen molar-refractivity contribution in [3.8, 4) is 0 Å². The first kappa shape index (κ1) is 11.0. The highest BCUT2D eigenvalue weighted by atomic mass is 79.9. The first-order valence-electron chi connectivity index (χ1n) is 5.13. The van der Waals surface area contributed by atoms with Crippen LogP contribution < -0.4 is 0 Å². The lowest BCUT2D eigenvalue weighted by Gasteiger charge is -2.21. The summed E-state index contributed by atoms with van der Waals surface area (Å²) in [5.74, 6) is 0.128. The van der Waals surface area contributed by atoms with Gasteiger partial charge in [0, 0.05) is 11.0 Å². The molecule has 82 valence electrons. The summed E-state index contributed by atoms with van der Waals surface area (Å²) in [7, 11) is 0. The Morgan fingerprint density at radius 2 is 1.87 bits per heavy atom. The summed E-state index contributed by atoms with van der Waals surface area (Å²) in [5.41, 5.74) is 1.42. The van der Waals surface area contributed by atoms with Gasteiger partial charge in [-0.25, -0.2) is 4.39 Å². The summed E-state index contributed by atoms with van der Waals surface area (Å²) >= 11 is 3.09. The van der Waals surface area contributed by atoms with E-state index in [1.54, 1.807) is 0 Å². The molecule has 0 aliphatic heterocycles. The van der Waals surface area contributed by atoms with Crippen molar-refractivity contribution in [2.45, 2.75) is 44.9 Å². The SMILES string of the molecule is CC(C)(C)c1nnc(Br)c(F)c1C1CC1. The van der Waals surface area contributed by atoms with E-state index in [1.165, 1.54) is 0 Å². The normalized spacial score (nSPS) is 16.9. The second-order valence-corrected chi connectivity index (χ2v) is 5.84. The predicted molar refractivity (Wildman–Crippen MR) is 60.4 cm³/mol. The summed E-state index contributed by atoms with van der Waals surface area (Å²) in [6.07, 6.45) is 2.14. The van der Waals surface area contributed by atoms with Crippen LogP contribution in [0.2, 0.25) is 0 Å². The summed E-state index contributed by atoms with van der Waals surface area (Å²) in [6.45, 7) is 6.11. The molecule has 4 heteroatoms. The molecule has 0 spiro atoms. The molecule has 0 atom stereocenters. The maximum Gasteiger partial charge on any atom is 0.164 e. The van der Waals surface area contributed by atoms with Crippen molar-refractivity contribution in [2.75, 3.05) is 0 Å². The molecule has 1 aliphatic rings. The molecule has 0 radical (unpaired) electrons. The molecule has 2 rings (SSSR count). The second kappa shape index (κ2) is 3.51. The van der Waals surface area contributed by atoms with Crippen molar-refractivity contribution in [2.24, 2.45) is 0 Å². The van der Waals surface area contributed by atoms with E-state index in [9.17, 15) is 4.39 Å². The van der Waals surface area contributed by atoms with E-state index in [1.807, 2.05) is 20.8 Å². The third-order valence-corrected chi connectivity index (χ3v) is 3.11. The minimum atomic E-state index is -0.225. The first-order valence-corrected chi connectivity index (χ1v) is 5.92. The van der Waals surface area contributed by atoms with Gasteiger partial charge in [0.05, 0.1) is 5.69 Å². The zero-order chi connectivity index (χ0) is 11.2. The maximum absolute atomic E-state index is 13.9. The topological polar surface area (TPSA) is 25.8 Å². The lowest BCUT2D eigenvalue weighted by Crippen LogP contribution is -2.19. The molecule has 15 heavy (non-hydrogen) atoms. The Bertz CT molecular complexity index is 394. The molecule has 1 aliphatic carbocycles. The van der Waals surface area contributed by atoms with Crippen LogP contribution in [0.1, 0.15) is 50.8 Å². The smallest absolute Gasteiger partial charge is 0.164 e. The van der Waals surface area contributed by atoms with E-state index in [0.717, 1.165) is 24.1 Å². The number of rotatable bonds is 1. The van der Waals surface area contributed by atoms with Gasteiger partial charge in [0.2, 0.25) is 0 Å². The molecule has 1 aromatic heterocycles. The van der Waals surface area contributed by atoms with Gasteiger partial charge < -0.3 is 0 Å². The minimum absolute atomic E-state index is 0.146. The average molecular weight is 273 g/mol. The molecular weight excluding hydrogens is 259 g/mol. The van der Waals surface area contributed by atoms with Gasteiger partial charge in [-0.1, -0.05) is 20.8 Å². The van der Waals surface area contributed by atoms with Crippen molar-refractivity contribution in [3.63, 3.8) is 0 Å². The molecule has 1 fully saturated rings. The van der Waals surface area contributed by atoms with E-state index in [2.05, 4.69) is 26.1 Å². The molecule has 0 bridgehead atoms. The summed E-state index contributed by atoms with van der Waals surface area (Å²) in [5, 5.41) is 7.94. The Labute approximate surface area is 97.4 Å². The van der Waals surface area contributed by atoms with Crippen molar-refractivity contribution in [3.05, 3.63) is 21.7 Å². The van der Waals surface area contributed by atoms with E-state index in [4.69, 9.17) is 0 Å². The third-order valence-electron chi connectivity index (χ3n) is 2.61. The van der Waals surface area contributed by atoms with Crippen LogP contribution in [0, 0.1) is 5.82 Å². The number of nitrogens with zero attached hydrogens (tertiary/aromatic N) is 2. The van der Waals surface area contributed by atoms with E-state index < -0.39 is 0 Å². The van der Waals surface area contributed by atoms with Crippen LogP contribution >= 0.6 is 15.9 Å². The maximum atomic E-state index is 13.9. The summed E-state index contributed by atoms with van der Waals surface area (Å²) in [6, 6.07) is 0. The average Bonchev–Trinajstić information content (AvgIpc) is 2.90. The van der Waals surface area contributed by atoms with Crippen LogP contribution in [0.25, 0.3) is 0 Å². The second-order valence-electron chi connectivity index (χ2n) is 5.09. The number of hydrogen-bond acceptors (Lipinski definition) is 2. The van der Waals surface area contributed by atoms with Gasteiger partial charge >= 0.3 is 0 Å². The minimum Gasteiger partial charge on any atom is -0.204 e. The molecule has 0 saturated heterocycles. The standard InChI is InChI=1S/C11H14BrFN2/c1-11(2,3)9-7(6-4-5-6)8(13)10(12)15-14-9/h6H,4-5H2,1-3H3. The molecule has 0 aromatic carbocycles. The number of aromatic nitrogens is 2. The van der Waals surface area contributed by atoms with Gasteiger partial charge in [-0.15, -0.1) is 5.10 Å². The zero-order valence-corrected chi connectivity index (χ0v) is 10.7. The van der Waals surface area contributed by atoms with Crippen LogP contribution in [0.4, 0.5) is 4.39 Å². The highest BCUT2D eigenvalue weighted by Gasteiger charge is 2.35. The van der Waals surface area contributed by atoms with E-state index in [0.29, 0.717) is 5.92 Å². The molecule has 0 N–H and O–H groups in total. The number of halogens is 2. The van der Waals surface area contributed by atoms with Crippen molar-refractivity contribution in [1.82, 2.24) is 10.2 Å². The lowest BCUT2D eigenvalue weighted by molar-refractivity contribution is 0.515. The first-order chi connectivity index (χ1) is 6.91. The van der Waals surface area contributed by atoms with Crippen LogP contribution in [0.5, 0.6) is 0 Å². The third kappa shape index (κ3) is 2.05. The molecule has 1 heterocycles. The Balaban J connectivity index is 2.59. The highest BCUT2D eigenvalue weighted by molar-refractivity contribution is 9.10.